The molecule has 3 atom stereocenters. The first-order valence-electron chi connectivity index (χ1n) is 8.36. The summed E-state index contributed by atoms with van der Waals surface area (Å²) < 4.78 is 5.54. The average Bonchev–Trinajstić information content (AvgIpc) is 2.83. The minimum Gasteiger partial charge on any atom is -0.445 e. The van der Waals surface area contributed by atoms with Crippen molar-refractivity contribution in [3.8, 4) is 12.3 Å². The zero-order chi connectivity index (χ0) is 16.3. The van der Waals surface area contributed by atoms with Crippen LogP contribution in [0.5, 0.6) is 0 Å². The van der Waals surface area contributed by atoms with Gasteiger partial charge in [-0.05, 0) is 50.0 Å². The molecule has 2 heteroatoms. The Morgan fingerprint density at radius 1 is 1.32 bits per heavy atom. The highest BCUT2D eigenvalue weighted by Gasteiger charge is 2.61. The number of hydrogen-bond acceptors (Lipinski definition) is 2. The van der Waals surface area contributed by atoms with Crippen molar-refractivity contribution in [1.29, 1.82) is 0 Å². The third-order valence-electron chi connectivity index (χ3n) is 5.04. The second-order valence-electron chi connectivity index (χ2n) is 7.52. The third kappa shape index (κ3) is 3.83. The van der Waals surface area contributed by atoms with Crippen molar-refractivity contribution in [3.63, 3.8) is 0 Å². The van der Waals surface area contributed by atoms with E-state index in [9.17, 15) is 4.79 Å². The summed E-state index contributed by atoms with van der Waals surface area (Å²) in [5, 5.41) is 0. The standard InChI is InChI=1S/C20H28O2/c1-6-16(12-11-15-9-7-8-10-15)22-19(21)18-17(13-14(2)3)20(18,4)5/h1,11-13,15-18H,7-10H2,2-5H3/b12-11+. The van der Waals surface area contributed by atoms with E-state index in [1.54, 1.807) is 0 Å². The number of allylic oxidation sites excluding steroid dienone is 3. The number of rotatable bonds is 5. The minimum atomic E-state index is -0.531. The molecule has 0 aromatic heterocycles. The zero-order valence-electron chi connectivity index (χ0n) is 14.3. The fourth-order valence-electron chi connectivity index (χ4n) is 3.53. The molecule has 2 aliphatic rings. The van der Waals surface area contributed by atoms with Gasteiger partial charge in [-0.1, -0.05) is 50.3 Å². The molecular weight excluding hydrogens is 272 g/mol. The van der Waals surface area contributed by atoms with Crippen molar-refractivity contribution in [2.24, 2.45) is 23.2 Å². The Bertz CT molecular complexity index is 508. The number of esters is 1. The van der Waals surface area contributed by atoms with Crippen LogP contribution < -0.4 is 0 Å². The van der Waals surface area contributed by atoms with Gasteiger partial charge in [0.05, 0.1) is 5.92 Å². The van der Waals surface area contributed by atoms with Crippen LogP contribution in [0.2, 0.25) is 0 Å². The van der Waals surface area contributed by atoms with Crippen LogP contribution in [0.3, 0.4) is 0 Å². The van der Waals surface area contributed by atoms with Crippen molar-refractivity contribution in [1.82, 2.24) is 0 Å². The maximum Gasteiger partial charge on any atom is 0.311 e. The minimum absolute atomic E-state index is 0.0251. The van der Waals surface area contributed by atoms with Crippen LogP contribution in [0.4, 0.5) is 0 Å². The van der Waals surface area contributed by atoms with Gasteiger partial charge < -0.3 is 4.74 Å². The molecule has 120 valence electrons. The molecule has 0 aliphatic heterocycles. The molecule has 0 saturated heterocycles. The van der Waals surface area contributed by atoms with Crippen LogP contribution in [0.1, 0.15) is 53.4 Å². The van der Waals surface area contributed by atoms with Gasteiger partial charge in [0.2, 0.25) is 0 Å². The maximum absolute atomic E-state index is 12.4. The molecular formula is C20H28O2. The van der Waals surface area contributed by atoms with Crippen LogP contribution >= 0.6 is 0 Å². The second kappa shape index (κ2) is 6.73. The predicted octanol–water partition coefficient (Wildman–Crippen LogP) is 4.52. The van der Waals surface area contributed by atoms with E-state index in [2.05, 4.69) is 45.8 Å². The predicted molar refractivity (Wildman–Crippen MR) is 90.0 cm³/mol. The number of carbonyl (C=O) groups is 1. The molecule has 2 rings (SSSR count). The summed E-state index contributed by atoms with van der Waals surface area (Å²) in [4.78, 5) is 12.4. The van der Waals surface area contributed by atoms with Crippen molar-refractivity contribution in [3.05, 3.63) is 23.8 Å². The van der Waals surface area contributed by atoms with E-state index in [4.69, 9.17) is 11.2 Å². The van der Waals surface area contributed by atoms with Gasteiger partial charge in [0.25, 0.3) is 0 Å². The zero-order valence-corrected chi connectivity index (χ0v) is 14.3. The van der Waals surface area contributed by atoms with Gasteiger partial charge in [-0.25, -0.2) is 0 Å². The smallest absolute Gasteiger partial charge is 0.311 e. The molecule has 0 heterocycles. The first-order chi connectivity index (χ1) is 10.4. The van der Waals surface area contributed by atoms with Gasteiger partial charge in [-0.15, -0.1) is 6.42 Å². The van der Waals surface area contributed by atoms with Gasteiger partial charge in [0, 0.05) is 0 Å². The summed E-state index contributed by atoms with van der Waals surface area (Å²) in [5.41, 5.74) is 1.21. The van der Waals surface area contributed by atoms with Crippen LogP contribution in [-0.4, -0.2) is 12.1 Å². The summed E-state index contributed by atoms with van der Waals surface area (Å²) >= 11 is 0. The molecule has 2 nitrogen and oxygen atoms in total. The Labute approximate surface area is 135 Å². The number of carbonyl (C=O) groups excluding carboxylic acids is 1. The molecule has 0 radical (unpaired) electrons. The van der Waals surface area contributed by atoms with Crippen molar-refractivity contribution < 1.29 is 9.53 Å². The summed E-state index contributed by atoms with van der Waals surface area (Å²) in [6, 6.07) is 0. The van der Waals surface area contributed by atoms with Crippen molar-refractivity contribution in [2.75, 3.05) is 0 Å². The van der Waals surface area contributed by atoms with E-state index in [0.29, 0.717) is 5.92 Å². The van der Waals surface area contributed by atoms with Gasteiger partial charge in [0.1, 0.15) is 0 Å². The summed E-state index contributed by atoms with van der Waals surface area (Å²) in [6.45, 7) is 8.35. The number of hydrogen-bond donors (Lipinski definition) is 0. The molecule has 0 bridgehead atoms. The first kappa shape index (κ1) is 16.9. The highest BCUT2D eigenvalue weighted by molar-refractivity contribution is 5.78. The molecule has 22 heavy (non-hydrogen) atoms. The molecule has 0 aromatic carbocycles. The Morgan fingerprint density at radius 2 is 1.95 bits per heavy atom. The molecule has 2 fully saturated rings. The highest BCUT2D eigenvalue weighted by atomic mass is 16.5. The topological polar surface area (TPSA) is 26.3 Å². The summed E-state index contributed by atoms with van der Waals surface area (Å²) in [6.07, 6.45) is 16.2. The van der Waals surface area contributed by atoms with Gasteiger partial charge in [-0.2, -0.15) is 0 Å². The molecule has 2 aliphatic carbocycles. The van der Waals surface area contributed by atoms with E-state index < -0.39 is 6.10 Å². The lowest BCUT2D eigenvalue weighted by Gasteiger charge is -2.10. The van der Waals surface area contributed by atoms with Gasteiger partial charge >= 0.3 is 5.97 Å². The Kier molecular flexibility index (Phi) is 5.16. The van der Waals surface area contributed by atoms with Crippen LogP contribution in [0, 0.1) is 35.5 Å². The highest BCUT2D eigenvalue weighted by Crippen LogP contribution is 2.59. The fraction of sp³-hybridized carbons (Fsp3) is 0.650. The first-order valence-corrected chi connectivity index (χ1v) is 8.36. The van der Waals surface area contributed by atoms with Crippen LogP contribution in [0.15, 0.2) is 23.8 Å². The van der Waals surface area contributed by atoms with E-state index >= 15 is 0 Å². The Balaban J connectivity index is 1.93. The van der Waals surface area contributed by atoms with Gasteiger partial charge in [-0.3, -0.25) is 4.79 Å². The molecule has 3 unspecified atom stereocenters. The maximum atomic E-state index is 12.4. The lowest BCUT2D eigenvalue weighted by molar-refractivity contribution is -0.147. The monoisotopic (exact) mass is 300 g/mol. The van der Waals surface area contributed by atoms with Crippen LogP contribution in [0.25, 0.3) is 0 Å². The lowest BCUT2D eigenvalue weighted by atomic mass is 10.1. The average molecular weight is 300 g/mol. The quantitative estimate of drug-likeness (QED) is 0.424. The van der Waals surface area contributed by atoms with Crippen molar-refractivity contribution >= 4 is 5.97 Å². The van der Waals surface area contributed by atoms with E-state index in [0.717, 1.165) is 0 Å². The molecule has 0 N–H and O–H groups in total. The molecule has 0 spiro atoms. The lowest BCUT2D eigenvalue weighted by Crippen LogP contribution is -2.18. The van der Waals surface area contributed by atoms with E-state index in [1.165, 1.54) is 31.3 Å². The Morgan fingerprint density at radius 3 is 2.50 bits per heavy atom. The second-order valence-corrected chi connectivity index (χ2v) is 7.52. The molecule has 0 amide bonds. The van der Waals surface area contributed by atoms with Gasteiger partial charge in [0.15, 0.2) is 6.10 Å². The normalized spacial score (nSPS) is 28.1. The SMILES string of the molecule is C#CC(/C=C/C1CCCC1)OC(=O)C1C(C=C(C)C)C1(C)C. The largest absolute Gasteiger partial charge is 0.445 e. The Hall–Kier alpha value is -1.49. The molecule has 2 saturated carbocycles. The van der Waals surface area contributed by atoms with Crippen molar-refractivity contribution in [2.45, 2.75) is 59.5 Å². The van der Waals surface area contributed by atoms with Crippen LogP contribution in [-0.2, 0) is 9.53 Å². The number of terminal acetylenes is 1. The van der Waals surface area contributed by atoms with E-state index in [-0.39, 0.29) is 23.2 Å². The van der Waals surface area contributed by atoms with E-state index in [1.807, 2.05) is 6.08 Å². The molecule has 0 aromatic rings. The third-order valence-corrected chi connectivity index (χ3v) is 5.04. The fourth-order valence-corrected chi connectivity index (χ4v) is 3.53. The summed E-state index contributed by atoms with van der Waals surface area (Å²) in [5.74, 6) is 3.21. The number of ether oxygens (including phenoxy) is 1. The summed E-state index contributed by atoms with van der Waals surface area (Å²) in [7, 11) is 0.